The molecule has 0 aromatic carbocycles. The minimum absolute atomic E-state index is 0.172. The third kappa shape index (κ3) is 5.45. The maximum Gasteiger partial charge on any atom is 0.408 e. The molecule has 0 bridgehead atoms. The van der Waals surface area contributed by atoms with Crippen molar-refractivity contribution < 1.29 is 19.4 Å². The van der Waals surface area contributed by atoms with Crippen LogP contribution in [0.2, 0.25) is 0 Å². The van der Waals surface area contributed by atoms with Crippen LogP contribution in [0.4, 0.5) is 4.79 Å². The summed E-state index contributed by atoms with van der Waals surface area (Å²) >= 11 is 0. The summed E-state index contributed by atoms with van der Waals surface area (Å²) in [6.07, 6.45) is 1.91. The molecule has 1 heterocycles. The van der Waals surface area contributed by atoms with Crippen LogP contribution in [0.15, 0.2) is 6.20 Å². The van der Waals surface area contributed by atoms with Gasteiger partial charge in [0.25, 0.3) is 0 Å². The standard InChI is InChI=1S/C14H23N3O4/c1-6-10-9(8-17(5)16-10)7-11(12(18)19)15-13(20)21-14(2,3)4/h8,11H,6-7H2,1-5H3,(H,15,20)(H,18,19). The van der Waals surface area contributed by atoms with Gasteiger partial charge in [-0.05, 0) is 32.8 Å². The lowest BCUT2D eigenvalue weighted by Gasteiger charge is -2.22. The summed E-state index contributed by atoms with van der Waals surface area (Å²) in [4.78, 5) is 23.0. The number of nitrogens with one attached hydrogen (secondary N) is 1. The summed E-state index contributed by atoms with van der Waals surface area (Å²) in [5, 5.41) is 15.9. The first kappa shape index (κ1) is 17.0. The van der Waals surface area contributed by atoms with E-state index in [-0.39, 0.29) is 6.42 Å². The van der Waals surface area contributed by atoms with Gasteiger partial charge in [-0.25, -0.2) is 9.59 Å². The number of hydrogen-bond acceptors (Lipinski definition) is 4. The van der Waals surface area contributed by atoms with Crippen molar-refractivity contribution in [3.05, 3.63) is 17.5 Å². The lowest BCUT2D eigenvalue weighted by Crippen LogP contribution is -2.44. The minimum atomic E-state index is -1.10. The van der Waals surface area contributed by atoms with Crippen LogP contribution in [-0.2, 0) is 29.4 Å². The number of carboxylic acid groups (broad SMARTS) is 1. The summed E-state index contributed by atoms with van der Waals surface area (Å²) in [5.74, 6) is -1.10. The first-order chi connectivity index (χ1) is 9.62. The molecule has 21 heavy (non-hydrogen) atoms. The molecule has 1 aromatic rings. The molecule has 118 valence electrons. The molecule has 0 spiro atoms. The van der Waals surface area contributed by atoms with Crippen LogP contribution in [-0.4, -0.2) is 38.6 Å². The highest BCUT2D eigenvalue weighted by Crippen LogP contribution is 2.12. The van der Waals surface area contributed by atoms with E-state index in [2.05, 4.69) is 10.4 Å². The Morgan fingerprint density at radius 3 is 2.57 bits per heavy atom. The minimum Gasteiger partial charge on any atom is -0.480 e. The Balaban J connectivity index is 2.79. The number of aromatic nitrogens is 2. The smallest absolute Gasteiger partial charge is 0.408 e. The number of alkyl carbamates (subject to hydrolysis) is 1. The van der Waals surface area contributed by atoms with E-state index in [4.69, 9.17) is 4.74 Å². The average Bonchev–Trinajstić information content (AvgIpc) is 2.66. The highest BCUT2D eigenvalue weighted by Gasteiger charge is 2.25. The lowest BCUT2D eigenvalue weighted by molar-refractivity contribution is -0.139. The maximum absolute atomic E-state index is 11.7. The van der Waals surface area contributed by atoms with E-state index >= 15 is 0 Å². The molecule has 0 fully saturated rings. The fourth-order valence-corrected chi connectivity index (χ4v) is 1.92. The fourth-order valence-electron chi connectivity index (χ4n) is 1.92. The number of ether oxygens (including phenoxy) is 1. The Morgan fingerprint density at radius 1 is 1.48 bits per heavy atom. The van der Waals surface area contributed by atoms with Gasteiger partial charge in [0, 0.05) is 19.7 Å². The second kappa shape index (κ2) is 6.60. The van der Waals surface area contributed by atoms with Gasteiger partial charge in [-0.1, -0.05) is 6.92 Å². The third-order valence-electron chi connectivity index (χ3n) is 2.74. The first-order valence-corrected chi connectivity index (χ1v) is 6.86. The van der Waals surface area contributed by atoms with Crippen molar-refractivity contribution in [2.45, 2.75) is 52.2 Å². The molecular formula is C14H23N3O4. The van der Waals surface area contributed by atoms with Crippen molar-refractivity contribution in [1.82, 2.24) is 15.1 Å². The Morgan fingerprint density at radius 2 is 2.10 bits per heavy atom. The Hall–Kier alpha value is -2.05. The Labute approximate surface area is 124 Å². The van der Waals surface area contributed by atoms with Gasteiger partial charge >= 0.3 is 12.1 Å². The van der Waals surface area contributed by atoms with Crippen molar-refractivity contribution in [3.8, 4) is 0 Å². The largest absolute Gasteiger partial charge is 0.480 e. The van der Waals surface area contributed by atoms with E-state index in [1.54, 1.807) is 38.7 Å². The zero-order valence-corrected chi connectivity index (χ0v) is 13.1. The molecule has 0 aliphatic heterocycles. The number of amides is 1. The van der Waals surface area contributed by atoms with E-state index in [1.807, 2.05) is 6.92 Å². The van der Waals surface area contributed by atoms with Gasteiger partial charge in [0.1, 0.15) is 11.6 Å². The number of hydrogen-bond donors (Lipinski definition) is 2. The molecule has 0 aliphatic rings. The zero-order valence-electron chi connectivity index (χ0n) is 13.1. The van der Waals surface area contributed by atoms with E-state index < -0.39 is 23.7 Å². The number of nitrogens with zero attached hydrogens (tertiary/aromatic N) is 2. The molecule has 0 saturated heterocycles. The molecule has 0 radical (unpaired) electrons. The van der Waals surface area contributed by atoms with Gasteiger partial charge in [0.15, 0.2) is 0 Å². The topological polar surface area (TPSA) is 93.5 Å². The quantitative estimate of drug-likeness (QED) is 0.859. The van der Waals surface area contributed by atoms with Crippen LogP contribution < -0.4 is 5.32 Å². The van der Waals surface area contributed by atoms with Crippen LogP contribution in [0.1, 0.15) is 39.0 Å². The Bertz CT molecular complexity index is 517. The van der Waals surface area contributed by atoms with Crippen molar-refractivity contribution in [1.29, 1.82) is 0 Å². The SMILES string of the molecule is CCc1nn(C)cc1CC(NC(=O)OC(C)(C)C)C(=O)O. The first-order valence-electron chi connectivity index (χ1n) is 6.86. The van der Waals surface area contributed by atoms with Crippen molar-refractivity contribution in [2.75, 3.05) is 0 Å². The van der Waals surface area contributed by atoms with Crippen LogP contribution in [0.5, 0.6) is 0 Å². The van der Waals surface area contributed by atoms with Crippen LogP contribution in [0, 0.1) is 0 Å². The predicted molar refractivity (Wildman–Crippen MR) is 77.1 cm³/mol. The second-order valence-electron chi connectivity index (χ2n) is 5.87. The molecule has 2 N–H and O–H groups in total. The Kier molecular flexibility index (Phi) is 5.34. The number of carboxylic acids is 1. The lowest BCUT2D eigenvalue weighted by atomic mass is 10.1. The summed E-state index contributed by atoms with van der Waals surface area (Å²) in [6.45, 7) is 7.11. The molecule has 1 atom stereocenters. The van der Waals surface area contributed by atoms with Crippen LogP contribution >= 0.6 is 0 Å². The van der Waals surface area contributed by atoms with Crippen LogP contribution in [0.3, 0.4) is 0 Å². The fraction of sp³-hybridized carbons (Fsp3) is 0.643. The molecule has 1 aromatic heterocycles. The van der Waals surface area contributed by atoms with E-state index in [9.17, 15) is 14.7 Å². The van der Waals surface area contributed by atoms with Crippen molar-refractivity contribution in [2.24, 2.45) is 7.05 Å². The molecule has 0 saturated carbocycles. The van der Waals surface area contributed by atoms with E-state index in [1.165, 1.54) is 0 Å². The summed E-state index contributed by atoms with van der Waals surface area (Å²) < 4.78 is 6.72. The van der Waals surface area contributed by atoms with Gasteiger partial charge in [-0.15, -0.1) is 0 Å². The number of rotatable bonds is 5. The van der Waals surface area contributed by atoms with Gasteiger partial charge in [0.2, 0.25) is 0 Å². The predicted octanol–water partition coefficient (Wildman–Crippen LogP) is 1.50. The van der Waals surface area contributed by atoms with Gasteiger partial charge in [0.05, 0.1) is 5.69 Å². The van der Waals surface area contributed by atoms with Gasteiger partial charge in [-0.2, -0.15) is 5.10 Å². The zero-order chi connectivity index (χ0) is 16.2. The molecule has 1 rings (SSSR count). The molecule has 1 unspecified atom stereocenters. The molecule has 0 aliphatic carbocycles. The van der Waals surface area contributed by atoms with Crippen molar-refractivity contribution in [3.63, 3.8) is 0 Å². The van der Waals surface area contributed by atoms with Gasteiger partial charge < -0.3 is 15.2 Å². The molecular weight excluding hydrogens is 274 g/mol. The maximum atomic E-state index is 11.7. The highest BCUT2D eigenvalue weighted by atomic mass is 16.6. The number of carbonyl (C=O) groups is 2. The summed E-state index contributed by atoms with van der Waals surface area (Å²) in [5.41, 5.74) is 0.967. The molecule has 7 heteroatoms. The third-order valence-corrected chi connectivity index (χ3v) is 2.74. The van der Waals surface area contributed by atoms with Gasteiger partial charge in [-0.3, -0.25) is 4.68 Å². The number of aryl methyl sites for hydroxylation is 2. The number of aliphatic carboxylic acids is 1. The molecule has 1 amide bonds. The average molecular weight is 297 g/mol. The summed E-state index contributed by atoms with van der Waals surface area (Å²) in [7, 11) is 1.78. The summed E-state index contributed by atoms with van der Waals surface area (Å²) in [6, 6.07) is -1.05. The molecule has 7 nitrogen and oxygen atoms in total. The highest BCUT2D eigenvalue weighted by molar-refractivity contribution is 5.80. The van der Waals surface area contributed by atoms with E-state index in [0.29, 0.717) is 6.42 Å². The van der Waals surface area contributed by atoms with Crippen molar-refractivity contribution >= 4 is 12.1 Å². The van der Waals surface area contributed by atoms with E-state index in [0.717, 1.165) is 11.3 Å². The number of carbonyl (C=O) groups excluding carboxylic acids is 1. The second-order valence-corrected chi connectivity index (χ2v) is 5.87. The normalized spacial score (nSPS) is 12.8. The van der Waals surface area contributed by atoms with Crippen LogP contribution in [0.25, 0.3) is 0 Å². The monoisotopic (exact) mass is 297 g/mol.